The van der Waals surface area contributed by atoms with Crippen molar-refractivity contribution in [3.8, 4) is 11.3 Å². The van der Waals surface area contributed by atoms with E-state index in [-0.39, 0.29) is 11.1 Å². The SMILES string of the molecule is CN(C)c1ccc(-c2cnc3c(=O)[nH]cnc3n2)cc1. The summed E-state index contributed by atoms with van der Waals surface area (Å²) in [5.74, 6) is 0. The maximum Gasteiger partial charge on any atom is 0.278 e. The lowest BCUT2D eigenvalue weighted by atomic mass is 10.1. The van der Waals surface area contributed by atoms with Crippen molar-refractivity contribution in [2.24, 2.45) is 0 Å². The van der Waals surface area contributed by atoms with Gasteiger partial charge >= 0.3 is 0 Å². The van der Waals surface area contributed by atoms with Crippen LogP contribution < -0.4 is 10.5 Å². The quantitative estimate of drug-likeness (QED) is 0.760. The van der Waals surface area contributed by atoms with Gasteiger partial charge in [0, 0.05) is 25.3 Å². The van der Waals surface area contributed by atoms with E-state index in [2.05, 4.69) is 19.9 Å². The minimum absolute atomic E-state index is 0.251. The van der Waals surface area contributed by atoms with Gasteiger partial charge in [0.05, 0.1) is 18.2 Å². The van der Waals surface area contributed by atoms with Gasteiger partial charge in [-0.25, -0.2) is 15.0 Å². The summed E-state index contributed by atoms with van der Waals surface area (Å²) in [6.07, 6.45) is 2.92. The number of hydrogen-bond acceptors (Lipinski definition) is 5. The van der Waals surface area contributed by atoms with Crippen molar-refractivity contribution in [3.63, 3.8) is 0 Å². The molecule has 0 amide bonds. The smallest absolute Gasteiger partial charge is 0.278 e. The molecule has 2 heterocycles. The molecule has 6 heteroatoms. The molecule has 0 saturated heterocycles. The first kappa shape index (κ1) is 12.3. The molecule has 100 valence electrons. The van der Waals surface area contributed by atoms with Crippen LogP contribution in [0.15, 0.2) is 41.6 Å². The fourth-order valence-corrected chi connectivity index (χ4v) is 1.92. The average molecular weight is 267 g/mol. The highest BCUT2D eigenvalue weighted by Crippen LogP contribution is 2.20. The van der Waals surface area contributed by atoms with Crippen LogP contribution in [0.4, 0.5) is 5.69 Å². The van der Waals surface area contributed by atoms with E-state index in [4.69, 9.17) is 0 Å². The number of nitrogens with one attached hydrogen (secondary N) is 1. The first-order valence-corrected chi connectivity index (χ1v) is 6.13. The highest BCUT2D eigenvalue weighted by molar-refractivity contribution is 5.72. The van der Waals surface area contributed by atoms with E-state index in [9.17, 15) is 4.79 Å². The Balaban J connectivity index is 2.08. The van der Waals surface area contributed by atoms with Crippen LogP contribution in [0.3, 0.4) is 0 Å². The predicted octanol–water partition coefficient (Wildman–Crippen LogP) is 1.45. The van der Waals surface area contributed by atoms with E-state index in [1.165, 1.54) is 6.33 Å². The lowest BCUT2D eigenvalue weighted by molar-refractivity contribution is 1.11. The van der Waals surface area contributed by atoms with Crippen LogP contribution in [0.5, 0.6) is 0 Å². The normalized spacial score (nSPS) is 10.7. The molecule has 0 radical (unpaired) electrons. The molecular formula is C14H13N5O. The fourth-order valence-electron chi connectivity index (χ4n) is 1.92. The molecule has 0 saturated carbocycles. The summed E-state index contributed by atoms with van der Waals surface area (Å²) in [6.45, 7) is 0. The van der Waals surface area contributed by atoms with Gasteiger partial charge < -0.3 is 9.88 Å². The van der Waals surface area contributed by atoms with Crippen LogP contribution in [0.2, 0.25) is 0 Å². The van der Waals surface area contributed by atoms with Crippen LogP contribution in [0, 0.1) is 0 Å². The van der Waals surface area contributed by atoms with Crippen molar-refractivity contribution in [3.05, 3.63) is 47.1 Å². The van der Waals surface area contributed by atoms with Gasteiger partial charge in [-0.15, -0.1) is 0 Å². The highest BCUT2D eigenvalue weighted by atomic mass is 16.1. The number of anilines is 1. The molecule has 0 aliphatic carbocycles. The van der Waals surface area contributed by atoms with E-state index in [1.807, 2.05) is 43.3 Å². The lowest BCUT2D eigenvalue weighted by Gasteiger charge is -2.12. The topological polar surface area (TPSA) is 74.8 Å². The number of nitrogens with zero attached hydrogens (tertiary/aromatic N) is 4. The van der Waals surface area contributed by atoms with Gasteiger partial charge in [-0.05, 0) is 12.1 Å². The van der Waals surface area contributed by atoms with Gasteiger partial charge in [0.1, 0.15) is 0 Å². The second-order valence-electron chi connectivity index (χ2n) is 4.60. The zero-order valence-electron chi connectivity index (χ0n) is 11.2. The van der Waals surface area contributed by atoms with E-state index in [0.717, 1.165) is 11.3 Å². The monoisotopic (exact) mass is 267 g/mol. The minimum Gasteiger partial charge on any atom is -0.378 e. The Hall–Kier alpha value is -2.76. The molecule has 3 aromatic rings. The summed E-state index contributed by atoms with van der Waals surface area (Å²) < 4.78 is 0. The fraction of sp³-hybridized carbons (Fsp3) is 0.143. The number of hydrogen-bond donors (Lipinski definition) is 1. The summed E-state index contributed by atoms with van der Waals surface area (Å²) >= 11 is 0. The van der Waals surface area contributed by atoms with Gasteiger partial charge in [-0.1, -0.05) is 12.1 Å². The van der Waals surface area contributed by atoms with E-state index < -0.39 is 0 Å². The van der Waals surface area contributed by atoms with Crippen molar-refractivity contribution in [2.75, 3.05) is 19.0 Å². The van der Waals surface area contributed by atoms with Crippen LogP contribution in [-0.4, -0.2) is 34.0 Å². The van der Waals surface area contributed by atoms with Crippen molar-refractivity contribution in [1.82, 2.24) is 19.9 Å². The Morgan fingerprint density at radius 2 is 1.85 bits per heavy atom. The summed E-state index contributed by atoms with van der Waals surface area (Å²) in [7, 11) is 3.97. The summed E-state index contributed by atoms with van der Waals surface area (Å²) in [6, 6.07) is 7.95. The Morgan fingerprint density at radius 1 is 1.10 bits per heavy atom. The maximum atomic E-state index is 11.5. The molecule has 1 N–H and O–H groups in total. The lowest BCUT2D eigenvalue weighted by Crippen LogP contribution is -2.09. The number of benzene rings is 1. The highest BCUT2D eigenvalue weighted by Gasteiger charge is 2.06. The number of fused-ring (bicyclic) bond motifs is 1. The van der Waals surface area contributed by atoms with Crippen LogP contribution >= 0.6 is 0 Å². The zero-order chi connectivity index (χ0) is 14.1. The van der Waals surface area contributed by atoms with E-state index in [0.29, 0.717) is 11.3 Å². The first-order chi connectivity index (χ1) is 9.65. The molecule has 0 aliphatic heterocycles. The van der Waals surface area contributed by atoms with Gasteiger partial charge in [0.25, 0.3) is 5.56 Å². The summed E-state index contributed by atoms with van der Waals surface area (Å²) in [5.41, 5.74) is 3.06. The number of aromatic nitrogens is 4. The minimum atomic E-state index is -0.281. The van der Waals surface area contributed by atoms with E-state index in [1.54, 1.807) is 6.20 Å². The van der Waals surface area contributed by atoms with Crippen LogP contribution in [0.25, 0.3) is 22.4 Å². The first-order valence-electron chi connectivity index (χ1n) is 6.13. The molecule has 6 nitrogen and oxygen atoms in total. The maximum absolute atomic E-state index is 11.5. The third kappa shape index (κ3) is 2.11. The van der Waals surface area contributed by atoms with E-state index >= 15 is 0 Å². The molecule has 0 aliphatic rings. The standard InChI is InChI=1S/C14H13N5O/c1-19(2)10-5-3-9(4-6-10)11-7-15-12-13(18-11)16-8-17-14(12)20/h3-8H,1-2H3,(H,16,17,18,20). The van der Waals surface area contributed by atoms with Gasteiger partial charge in [-0.3, -0.25) is 4.79 Å². The van der Waals surface area contributed by atoms with Crippen molar-refractivity contribution < 1.29 is 0 Å². The Bertz CT molecular complexity index is 808. The number of rotatable bonds is 2. The Morgan fingerprint density at radius 3 is 2.55 bits per heavy atom. The summed E-state index contributed by atoms with van der Waals surface area (Å²) in [5, 5.41) is 0. The molecule has 0 unspecified atom stereocenters. The molecule has 0 fully saturated rings. The molecule has 0 atom stereocenters. The van der Waals surface area contributed by atoms with Crippen molar-refractivity contribution in [2.45, 2.75) is 0 Å². The number of H-pyrrole nitrogens is 1. The van der Waals surface area contributed by atoms with Gasteiger partial charge in [-0.2, -0.15) is 0 Å². The van der Waals surface area contributed by atoms with Gasteiger partial charge in [0.2, 0.25) is 0 Å². The number of aromatic amines is 1. The predicted molar refractivity (Wildman–Crippen MR) is 77.7 cm³/mol. The van der Waals surface area contributed by atoms with Crippen LogP contribution in [0.1, 0.15) is 0 Å². The molecule has 0 bridgehead atoms. The molecule has 0 spiro atoms. The molecule has 20 heavy (non-hydrogen) atoms. The largest absolute Gasteiger partial charge is 0.378 e. The Labute approximate surface area is 115 Å². The average Bonchev–Trinajstić information content (AvgIpc) is 2.47. The molecule has 1 aromatic carbocycles. The molecule has 3 rings (SSSR count). The molecular weight excluding hydrogens is 254 g/mol. The molecule has 2 aromatic heterocycles. The second-order valence-corrected chi connectivity index (χ2v) is 4.60. The Kier molecular flexibility index (Phi) is 2.90. The third-order valence-corrected chi connectivity index (χ3v) is 3.03. The summed E-state index contributed by atoms with van der Waals surface area (Å²) in [4.78, 5) is 28.6. The van der Waals surface area contributed by atoms with Gasteiger partial charge in [0.15, 0.2) is 11.2 Å². The van der Waals surface area contributed by atoms with Crippen molar-refractivity contribution >= 4 is 16.9 Å². The zero-order valence-corrected chi connectivity index (χ0v) is 11.2. The second kappa shape index (κ2) is 4.73. The third-order valence-electron chi connectivity index (χ3n) is 3.03. The van der Waals surface area contributed by atoms with Crippen molar-refractivity contribution in [1.29, 1.82) is 0 Å². The van der Waals surface area contributed by atoms with Crippen LogP contribution in [-0.2, 0) is 0 Å².